The second-order valence-electron chi connectivity index (χ2n) is 10.0. The van der Waals surface area contributed by atoms with E-state index in [2.05, 4.69) is 40.8 Å². The molecule has 0 heterocycles. The molecule has 3 aliphatic carbocycles. The Hall–Kier alpha value is -0.873. The molecule has 25 heavy (non-hydrogen) atoms. The second kappa shape index (κ2) is 5.82. The van der Waals surface area contributed by atoms with Gasteiger partial charge in [0.1, 0.15) is 0 Å². The van der Waals surface area contributed by atoms with Crippen LogP contribution in [0.4, 0.5) is 0 Å². The first-order chi connectivity index (χ1) is 11.4. The van der Waals surface area contributed by atoms with Gasteiger partial charge in [-0.05, 0) is 67.5 Å². The number of allylic oxidation sites excluding steroid dienone is 3. The lowest BCUT2D eigenvalue weighted by Crippen LogP contribution is -2.53. The summed E-state index contributed by atoms with van der Waals surface area (Å²) in [7, 11) is -1.93. The molecule has 4 heteroatoms. The highest BCUT2D eigenvalue weighted by Gasteiger charge is 2.57. The number of aliphatic hydroxyl groups is 1. The Bertz CT molecular complexity index is 653. The minimum atomic E-state index is -1.93. The van der Waals surface area contributed by atoms with E-state index in [1.54, 1.807) is 6.08 Å². The number of ketones is 1. The molecule has 1 saturated carbocycles. The van der Waals surface area contributed by atoms with Crippen LogP contribution >= 0.6 is 0 Å². The molecule has 0 aromatic carbocycles. The molecule has 0 amide bonds. The van der Waals surface area contributed by atoms with E-state index in [1.165, 1.54) is 5.57 Å². The average molecular weight is 363 g/mol. The van der Waals surface area contributed by atoms with Crippen LogP contribution in [0.3, 0.4) is 0 Å². The van der Waals surface area contributed by atoms with Crippen molar-refractivity contribution in [3.05, 3.63) is 23.0 Å². The van der Waals surface area contributed by atoms with Crippen molar-refractivity contribution in [2.45, 2.75) is 84.5 Å². The van der Waals surface area contributed by atoms with Gasteiger partial charge >= 0.3 is 0 Å². The maximum absolute atomic E-state index is 13.1. The number of aliphatic hydroxyl groups excluding tert-OH is 1. The monoisotopic (exact) mass is 362 g/mol. The van der Waals surface area contributed by atoms with Crippen LogP contribution in [0.25, 0.3) is 0 Å². The molecule has 0 aliphatic heterocycles. The number of carbonyl (C=O) groups excluding carboxylic acids is 1. The van der Waals surface area contributed by atoms with Gasteiger partial charge in [0.2, 0.25) is 8.32 Å². The first-order valence-corrected chi connectivity index (χ1v) is 12.6. The van der Waals surface area contributed by atoms with Crippen molar-refractivity contribution in [3.8, 4) is 0 Å². The predicted molar refractivity (Wildman–Crippen MR) is 104 cm³/mol. The van der Waals surface area contributed by atoms with Crippen LogP contribution in [0.1, 0.15) is 60.3 Å². The Morgan fingerprint density at radius 3 is 2.56 bits per heavy atom. The van der Waals surface area contributed by atoms with Crippen molar-refractivity contribution in [2.24, 2.45) is 17.3 Å². The third-order valence-electron chi connectivity index (χ3n) is 7.48. The summed E-state index contributed by atoms with van der Waals surface area (Å²) in [5.74, 6) is 1.52. The van der Waals surface area contributed by atoms with Crippen molar-refractivity contribution in [2.75, 3.05) is 0 Å². The highest BCUT2D eigenvalue weighted by atomic mass is 28.4. The lowest BCUT2D eigenvalue weighted by Gasteiger charge is -2.51. The summed E-state index contributed by atoms with van der Waals surface area (Å²) in [5.41, 5.74) is 1.63. The lowest BCUT2D eigenvalue weighted by atomic mass is 9.54. The largest absolute Gasteiger partial charge is 0.547 e. The molecule has 140 valence electrons. The van der Waals surface area contributed by atoms with Crippen LogP contribution in [-0.4, -0.2) is 25.3 Å². The SMILES string of the molecule is CC1=C[C@@H](O)[C@H]2CC(O[Si](C)(C)C(C)(C)C)=C3CCC[C@H]3[C@@]2(C)C1=O. The fraction of sp³-hybridized carbons (Fsp3) is 0.762. The van der Waals surface area contributed by atoms with Crippen LogP contribution in [0.15, 0.2) is 23.0 Å². The van der Waals surface area contributed by atoms with Gasteiger partial charge in [0.25, 0.3) is 0 Å². The van der Waals surface area contributed by atoms with Gasteiger partial charge < -0.3 is 9.53 Å². The molecular formula is C21H34O3Si. The van der Waals surface area contributed by atoms with E-state index in [9.17, 15) is 9.90 Å². The van der Waals surface area contributed by atoms with Crippen LogP contribution in [-0.2, 0) is 9.22 Å². The Labute approximate surface area is 153 Å². The fourth-order valence-corrected chi connectivity index (χ4v) is 6.02. The summed E-state index contributed by atoms with van der Waals surface area (Å²) in [5, 5.41) is 10.9. The van der Waals surface area contributed by atoms with E-state index in [0.29, 0.717) is 6.42 Å². The molecule has 1 N–H and O–H groups in total. The van der Waals surface area contributed by atoms with E-state index < -0.39 is 19.8 Å². The second-order valence-corrected chi connectivity index (χ2v) is 14.7. The molecular weight excluding hydrogens is 328 g/mol. The molecule has 0 spiro atoms. The van der Waals surface area contributed by atoms with Crippen molar-refractivity contribution in [1.82, 2.24) is 0 Å². The number of hydrogen-bond acceptors (Lipinski definition) is 3. The smallest absolute Gasteiger partial charge is 0.250 e. The Kier molecular flexibility index (Phi) is 4.40. The molecule has 0 bridgehead atoms. The Morgan fingerprint density at radius 1 is 1.32 bits per heavy atom. The van der Waals surface area contributed by atoms with Gasteiger partial charge in [-0.15, -0.1) is 0 Å². The maximum atomic E-state index is 13.1. The summed E-state index contributed by atoms with van der Waals surface area (Å²) in [6, 6.07) is 0. The van der Waals surface area contributed by atoms with Gasteiger partial charge in [-0.3, -0.25) is 4.79 Å². The van der Waals surface area contributed by atoms with Crippen LogP contribution in [0.5, 0.6) is 0 Å². The van der Waals surface area contributed by atoms with E-state index in [0.717, 1.165) is 30.6 Å². The predicted octanol–water partition coefficient (Wildman–Crippen LogP) is 4.98. The first kappa shape index (κ1) is 18.9. The standard InChI is InChI=1S/C21H34O3Si/c1-13-11-17(22)16-12-18(24-25(6,7)20(2,3)4)14-9-8-10-15(14)21(16,5)19(13)23/h11,15-17,22H,8-10,12H2,1-7H3/t15-,16-,17-,21-/m1/s1. The van der Waals surface area contributed by atoms with Gasteiger partial charge in [-0.1, -0.05) is 27.7 Å². The molecule has 3 rings (SSSR count). The molecule has 0 radical (unpaired) electrons. The highest BCUT2D eigenvalue weighted by Crippen LogP contribution is 2.59. The van der Waals surface area contributed by atoms with Gasteiger partial charge in [0, 0.05) is 17.8 Å². The maximum Gasteiger partial charge on any atom is 0.250 e. The topological polar surface area (TPSA) is 46.5 Å². The van der Waals surface area contributed by atoms with Gasteiger partial charge in [0.15, 0.2) is 5.78 Å². The zero-order valence-corrected chi connectivity index (χ0v) is 17.9. The Morgan fingerprint density at radius 2 is 1.96 bits per heavy atom. The minimum absolute atomic E-state index is 0.0599. The zero-order valence-electron chi connectivity index (χ0n) is 16.9. The quantitative estimate of drug-likeness (QED) is 0.705. The van der Waals surface area contributed by atoms with Crippen molar-refractivity contribution in [3.63, 3.8) is 0 Å². The van der Waals surface area contributed by atoms with E-state index in [1.807, 2.05) is 6.92 Å². The summed E-state index contributed by atoms with van der Waals surface area (Å²) in [6.45, 7) is 15.3. The van der Waals surface area contributed by atoms with Crippen molar-refractivity contribution < 1.29 is 14.3 Å². The third kappa shape index (κ3) is 2.76. The molecule has 3 nitrogen and oxygen atoms in total. The third-order valence-corrected chi connectivity index (χ3v) is 11.9. The van der Waals surface area contributed by atoms with E-state index in [4.69, 9.17) is 4.43 Å². The molecule has 0 unspecified atom stereocenters. The zero-order chi connectivity index (χ0) is 18.8. The average Bonchev–Trinajstić information content (AvgIpc) is 2.97. The van der Waals surface area contributed by atoms with Crippen LogP contribution < -0.4 is 0 Å². The van der Waals surface area contributed by atoms with Gasteiger partial charge in [0.05, 0.1) is 11.9 Å². The molecule has 3 aliphatic rings. The molecule has 0 aromatic heterocycles. The molecule has 1 fully saturated rings. The van der Waals surface area contributed by atoms with Crippen molar-refractivity contribution in [1.29, 1.82) is 0 Å². The minimum Gasteiger partial charge on any atom is -0.547 e. The molecule has 0 saturated heterocycles. The number of fused-ring (bicyclic) bond motifs is 3. The summed E-state index contributed by atoms with van der Waals surface area (Å²) in [4.78, 5) is 13.1. The number of carbonyl (C=O) groups is 1. The lowest BCUT2D eigenvalue weighted by molar-refractivity contribution is -0.135. The van der Waals surface area contributed by atoms with Gasteiger partial charge in [-0.25, -0.2) is 0 Å². The Balaban J connectivity index is 2.04. The van der Waals surface area contributed by atoms with Crippen LogP contribution in [0, 0.1) is 17.3 Å². The van der Waals surface area contributed by atoms with E-state index >= 15 is 0 Å². The van der Waals surface area contributed by atoms with Crippen LogP contribution in [0.2, 0.25) is 18.1 Å². The van der Waals surface area contributed by atoms with E-state index in [-0.39, 0.29) is 22.7 Å². The van der Waals surface area contributed by atoms with Gasteiger partial charge in [-0.2, -0.15) is 0 Å². The fourth-order valence-electron chi connectivity index (χ4n) is 4.89. The normalized spacial score (nSPS) is 36.1. The summed E-state index contributed by atoms with van der Waals surface area (Å²) < 4.78 is 6.74. The summed E-state index contributed by atoms with van der Waals surface area (Å²) >= 11 is 0. The molecule has 0 aromatic rings. The molecule has 4 atom stereocenters. The summed E-state index contributed by atoms with van der Waals surface area (Å²) in [6.07, 6.45) is 5.12. The van der Waals surface area contributed by atoms with Crippen molar-refractivity contribution >= 4 is 14.1 Å². The number of Topliss-reactive ketones (excluding diaryl/α,β-unsaturated/α-hetero) is 1. The highest BCUT2D eigenvalue weighted by molar-refractivity contribution is 6.74. The number of hydrogen-bond donors (Lipinski definition) is 1. The first-order valence-electron chi connectivity index (χ1n) is 9.72. The number of rotatable bonds is 2.